The van der Waals surface area contributed by atoms with Crippen molar-refractivity contribution < 1.29 is 18.8 Å². The number of thiophene rings is 1. The normalized spacial score (nSPS) is 11.8. The zero-order valence-corrected chi connectivity index (χ0v) is 17.4. The van der Waals surface area contributed by atoms with E-state index in [1.54, 1.807) is 13.0 Å². The van der Waals surface area contributed by atoms with E-state index in [4.69, 9.17) is 25.1 Å². The highest BCUT2D eigenvalue weighted by atomic mass is 32.1. The minimum Gasteiger partial charge on any atom is -0.481 e. The Labute approximate surface area is 182 Å². The fourth-order valence-electron chi connectivity index (χ4n) is 3.00. The molecule has 0 aliphatic carbocycles. The monoisotopic (exact) mass is 436 g/mol. The number of amides is 1. The molecule has 2 heterocycles. The summed E-state index contributed by atoms with van der Waals surface area (Å²) in [4.78, 5) is 12.9. The van der Waals surface area contributed by atoms with Crippen LogP contribution in [0.3, 0.4) is 0 Å². The largest absolute Gasteiger partial charge is 0.481 e. The standard InChI is InChI=1S/C22H20N4O4S/c1-13-10-20(30-26-13)25-22(27)28-12-17(14-6-3-2-4-7-14)29-16-8-5-9-18-15(16)11-19(31-18)21(23)24/h2-11,17H,12H2,1H3,(H3,23,24)(H,25,27). The molecule has 0 saturated carbocycles. The van der Waals surface area contributed by atoms with E-state index in [0.717, 1.165) is 15.6 Å². The predicted octanol–water partition coefficient (Wildman–Crippen LogP) is 4.85. The van der Waals surface area contributed by atoms with Gasteiger partial charge in [0.05, 0.1) is 10.6 Å². The summed E-state index contributed by atoms with van der Waals surface area (Å²) in [5, 5.41) is 14.8. The van der Waals surface area contributed by atoms with Gasteiger partial charge in [0.1, 0.15) is 18.2 Å². The molecule has 9 heteroatoms. The second-order valence-corrected chi connectivity index (χ2v) is 7.85. The molecule has 31 heavy (non-hydrogen) atoms. The Morgan fingerprint density at radius 1 is 1.23 bits per heavy atom. The zero-order chi connectivity index (χ0) is 21.8. The highest BCUT2D eigenvalue weighted by Gasteiger charge is 2.19. The van der Waals surface area contributed by atoms with Crippen LogP contribution in [-0.2, 0) is 4.74 Å². The molecular weight excluding hydrogens is 416 g/mol. The average Bonchev–Trinajstić information content (AvgIpc) is 3.38. The lowest BCUT2D eigenvalue weighted by molar-refractivity contribution is 0.0906. The summed E-state index contributed by atoms with van der Waals surface area (Å²) in [6.07, 6.45) is -1.22. The molecule has 0 aliphatic rings. The minimum absolute atomic E-state index is 0.00872. The summed E-state index contributed by atoms with van der Waals surface area (Å²) in [5.41, 5.74) is 7.14. The van der Waals surface area contributed by atoms with E-state index in [2.05, 4.69) is 10.5 Å². The molecule has 0 aliphatic heterocycles. The van der Waals surface area contributed by atoms with Crippen molar-refractivity contribution in [1.29, 1.82) is 5.41 Å². The first-order valence-corrected chi connectivity index (χ1v) is 10.3. The van der Waals surface area contributed by atoms with E-state index in [1.807, 2.05) is 54.6 Å². The number of nitrogens with one attached hydrogen (secondary N) is 2. The van der Waals surface area contributed by atoms with Gasteiger partial charge in [-0.2, -0.15) is 0 Å². The van der Waals surface area contributed by atoms with Crippen LogP contribution >= 0.6 is 11.3 Å². The van der Waals surface area contributed by atoms with Crippen LogP contribution in [0.5, 0.6) is 5.75 Å². The molecule has 1 unspecified atom stereocenters. The van der Waals surface area contributed by atoms with Crippen LogP contribution in [0.2, 0.25) is 0 Å². The SMILES string of the molecule is Cc1cc(NC(=O)OCC(Oc2cccc3sc(C(=N)N)cc23)c2ccccc2)on1. The molecule has 4 rings (SSSR count). The summed E-state index contributed by atoms with van der Waals surface area (Å²) in [5.74, 6) is 0.832. The van der Waals surface area contributed by atoms with Crippen LogP contribution < -0.4 is 15.8 Å². The Balaban J connectivity index is 1.54. The number of nitrogen functional groups attached to an aromatic ring is 1. The van der Waals surface area contributed by atoms with E-state index >= 15 is 0 Å². The number of anilines is 1. The first kappa shape index (κ1) is 20.4. The molecule has 158 valence electrons. The Kier molecular flexibility index (Phi) is 5.85. The Hall–Kier alpha value is -3.85. The number of aryl methyl sites for hydroxylation is 1. The number of hydrogen-bond acceptors (Lipinski definition) is 7. The van der Waals surface area contributed by atoms with Gasteiger partial charge in [-0.1, -0.05) is 41.6 Å². The maximum Gasteiger partial charge on any atom is 0.414 e. The molecule has 1 atom stereocenters. The van der Waals surface area contributed by atoms with Crippen LogP contribution in [0.15, 0.2) is 65.2 Å². The molecule has 8 nitrogen and oxygen atoms in total. The van der Waals surface area contributed by atoms with E-state index < -0.39 is 12.2 Å². The maximum absolute atomic E-state index is 12.2. The summed E-state index contributed by atoms with van der Waals surface area (Å²) in [6.45, 7) is 1.73. The van der Waals surface area contributed by atoms with E-state index in [9.17, 15) is 4.79 Å². The number of rotatable bonds is 7. The molecule has 0 radical (unpaired) electrons. The van der Waals surface area contributed by atoms with E-state index in [-0.39, 0.29) is 18.3 Å². The lowest BCUT2D eigenvalue weighted by atomic mass is 10.1. The lowest BCUT2D eigenvalue weighted by Gasteiger charge is -2.20. The van der Waals surface area contributed by atoms with Gasteiger partial charge >= 0.3 is 6.09 Å². The van der Waals surface area contributed by atoms with E-state index in [1.165, 1.54) is 11.3 Å². The van der Waals surface area contributed by atoms with Crippen LogP contribution in [0.1, 0.15) is 22.2 Å². The van der Waals surface area contributed by atoms with Crippen LogP contribution in [0, 0.1) is 12.3 Å². The van der Waals surface area contributed by atoms with Gasteiger partial charge in [0, 0.05) is 16.2 Å². The van der Waals surface area contributed by atoms with Crippen molar-refractivity contribution in [3.05, 3.63) is 76.8 Å². The lowest BCUT2D eigenvalue weighted by Crippen LogP contribution is -2.21. The van der Waals surface area contributed by atoms with Gasteiger partial charge in [0.2, 0.25) is 5.88 Å². The Bertz CT molecular complexity index is 1220. The number of carbonyl (C=O) groups excluding carboxylic acids is 1. The molecule has 1 amide bonds. The van der Waals surface area contributed by atoms with Gasteiger partial charge in [0.15, 0.2) is 6.10 Å². The Morgan fingerprint density at radius 2 is 2.03 bits per heavy atom. The fourth-order valence-corrected chi connectivity index (χ4v) is 3.94. The van der Waals surface area contributed by atoms with Gasteiger partial charge < -0.3 is 19.7 Å². The second kappa shape index (κ2) is 8.88. The second-order valence-electron chi connectivity index (χ2n) is 6.77. The van der Waals surface area contributed by atoms with Crippen molar-refractivity contribution in [2.45, 2.75) is 13.0 Å². The Morgan fingerprint density at radius 3 is 2.74 bits per heavy atom. The summed E-state index contributed by atoms with van der Waals surface area (Å²) in [7, 11) is 0. The number of amidine groups is 1. The van der Waals surface area contributed by atoms with Gasteiger partial charge in [-0.25, -0.2) is 4.79 Å². The number of nitrogens with zero attached hydrogens (tertiary/aromatic N) is 1. The molecule has 4 aromatic rings. The highest BCUT2D eigenvalue weighted by Crippen LogP contribution is 2.35. The topological polar surface area (TPSA) is 123 Å². The fraction of sp³-hybridized carbons (Fsp3) is 0.136. The number of aromatic nitrogens is 1. The van der Waals surface area contributed by atoms with Crippen molar-refractivity contribution in [3.63, 3.8) is 0 Å². The summed E-state index contributed by atoms with van der Waals surface area (Å²) < 4.78 is 17.6. The third-order valence-corrected chi connectivity index (χ3v) is 5.58. The molecule has 0 spiro atoms. The number of ether oxygens (including phenoxy) is 2. The molecular formula is C22H20N4O4S. The smallest absolute Gasteiger partial charge is 0.414 e. The third kappa shape index (κ3) is 4.84. The number of benzene rings is 2. The van der Waals surface area contributed by atoms with Crippen molar-refractivity contribution >= 4 is 39.2 Å². The first-order valence-electron chi connectivity index (χ1n) is 9.45. The van der Waals surface area contributed by atoms with Gasteiger partial charge in [-0.15, -0.1) is 11.3 Å². The van der Waals surface area contributed by atoms with Crippen LogP contribution in [0.4, 0.5) is 10.7 Å². The molecule has 0 saturated heterocycles. The number of carbonyl (C=O) groups is 1. The summed E-state index contributed by atoms with van der Waals surface area (Å²) >= 11 is 1.42. The molecule has 0 fully saturated rings. The van der Waals surface area contributed by atoms with Crippen molar-refractivity contribution in [3.8, 4) is 5.75 Å². The third-order valence-electron chi connectivity index (χ3n) is 4.45. The van der Waals surface area contributed by atoms with E-state index in [0.29, 0.717) is 16.3 Å². The van der Waals surface area contributed by atoms with Crippen LogP contribution in [0.25, 0.3) is 10.1 Å². The minimum atomic E-state index is -0.673. The van der Waals surface area contributed by atoms with Crippen LogP contribution in [-0.4, -0.2) is 23.7 Å². The zero-order valence-electron chi connectivity index (χ0n) is 16.6. The number of hydrogen-bond donors (Lipinski definition) is 3. The predicted molar refractivity (Wildman–Crippen MR) is 119 cm³/mol. The first-order chi connectivity index (χ1) is 15.0. The quantitative estimate of drug-likeness (QED) is 0.281. The van der Waals surface area contributed by atoms with Gasteiger partial charge in [-0.3, -0.25) is 10.7 Å². The van der Waals surface area contributed by atoms with Crippen molar-refractivity contribution in [2.24, 2.45) is 5.73 Å². The van der Waals surface area contributed by atoms with Crippen molar-refractivity contribution in [2.75, 3.05) is 11.9 Å². The maximum atomic E-state index is 12.2. The summed E-state index contributed by atoms with van der Waals surface area (Å²) in [6, 6.07) is 18.6. The van der Waals surface area contributed by atoms with Crippen molar-refractivity contribution in [1.82, 2.24) is 5.16 Å². The molecule has 4 N–H and O–H groups in total. The average molecular weight is 436 g/mol. The van der Waals surface area contributed by atoms with Gasteiger partial charge in [0.25, 0.3) is 0 Å². The molecule has 0 bridgehead atoms. The van der Waals surface area contributed by atoms with Gasteiger partial charge in [-0.05, 0) is 30.7 Å². The number of fused-ring (bicyclic) bond motifs is 1. The highest BCUT2D eigenvalue weighted by molar-refractivity contribution is 7.20. The number of nitrogens with two attached hydrogens (primary N) is 1. The molecule has 2 aromatic heterocycles. The molecule has 2 aromatic carbocycles.